The molecule has 0 spiro atoms. The Bertz CT molecular complexity index is 951. The minimum atomic E-state index is 0.138. The number of nitrogens with zero attached hydrogens (tertiary/aromatic N) is 2. The zero-order chi connectivity index (χ0) is 21.2. The van der Waals surface area contributed by atoms with Crippen LogP contribution in [0.4, 0.5) is 5.95 Å². The Kier molecular flexibility index (Phi) is 4.59. The number of piperidine rings is 1. The molecule has 5 aliphatic rings. The van der Waals surface area contributed by atoms with E-state index < -0.39 is 0 Å². The normalized spacial score (nSPS) is 33.7. The van der Waals surface area contributed by atoms with E-state index >= 15 is 0 Å². The summed E-state index contributed by atoms with van der Waals surface area (Å²) in [5, 5.41) is 3.51. The number of aryl methyl sites for hydroxylation is 1. The molecule has 4 saturated carbocycles. The van der Waals surface area contributed by atoms with E-state index in [0.29, 0.717) is 17.4 Å². The Morgan fingerprint density at radius 3 is 2.42 bits per heavy atom. The first-order chi connectivity index (χ1) is 15.0. The maximum atomic E-state index is 13.2. The van der Waals surface area contributed by atoms with Crippen molar-refractivity contribution in [3.8, 4) is 0 Å². The van der Waals surface area contributed by atoms with Gasteiger partial charge in [0.15, 0.2) is 0 Å². The van der Waals surface area contributed by atoms with Gasteiger partial charge in [-0.15, -0.1) is 0 Å². The molecule has 2 heterocycles. The highest BCUT2D eigenvalue weighted by Crippen LogP contribution is 2.61. The first-order valence-corrected chi connectivity index (χ1v) is 12.5. The van der Waals surface area contributed by atoms with Crippen LogP contribution in [0.25, 0.3) is 11.0 Å². The fourth-order valence-electron chi connectivity index (χ4n) is 7.81. The SMILES string of the molecule is Cc1ccc2nc(N3CCC(C(=O)N[C@@H](C)C45CC6CC(CC(C6)C4)C5)CC3)[nH]c2c1. The number of carbonyl (C=O) groups excluding carboxylic acids is 1. The summed E-state index contributed by atoms with van der Waals surface area (Å²) in [5.74, 6) is 4.17. The Labute approximate surface area is 185 Å². The van der Waals surface area contributed by atoms with E-state index in [1.807, 2.05) is 0 Å². The summed E-state index contributed by atoms with van der Waals surface area (Å²) in [4.78, 5) is 23.7. The van der Waals surface area contributed by atoms with E-state index in [9.17, 15) is 4.79 Å². The summed E-state index contributed by atoms with van der Waals surface area (Å²) in [6.45, 7) is 6.19. The van der Waals surface area contributed by atoms with E-state index in [1.165, 1.54) is 44.1 Å². The number of fused-ring (bicyclic) bond motifs is 1. The van der Waals surface area contributed by atoms with Gasteiger partial charge in [0.1, 0.15) is 0 Å². The zero-order valence-corrected chi connectivity index (χ0v) is 19.0. The standard InChI is InChI=1S/C26H36N4O/c1-16-3-4-22-23(9-16)29-25(28-22)30-7-5-21(6-8-30)24(31)27-17(2)26-13-18-10-19(14-26)12-20(11-18)15-26/h3-4,9,17-21H,5-8,10-15H2,1-2H3,(H,27,31)(H,28,29)/t17-,18?,19?,20?,26?/m0/s1. The smallest absolute Gasteiger partial charge is 0.223 e. The van der Waals surface area contributed by atoms with Gasteiger partial charge >= 0.3 is 0 Å². The summed E-state index contributed by atoms with van der Waals surface area (Å²) < 4.78 is 0. The number of benzene rings is 1. The molecule has 166 valence electrons. The molecule has 1 aromatic carbocycles. The van der Waals surface area contributed by atoms with Crippen LogP contribution in [0, 0.1) is 36.0 Å². The van der Waals surface area contributed by atoms with Crippen LogP contribution in [0.15, 0.2) is 18.2 Å². The van der Waals surface area contributed by atoms with E-state index in [0.717, 1.165) is 60.7 Å². The second-order valence-corrected chi connectivity index (χ2v) is 11.4. The predicted octanol–water partition coefficient (Wildman–Crippen LogP) is 4.81. The van der Waals surface area contributed by atoms with Gasteiger partial charge in [-0.05, 0) is 106 Å². The largest absolute Gasteiger partial charge is 0.353 e. The lowest BCUT2D eigenvalue weighted by atomic mass is 9.48. The highest BCUT2D eigenvalue weighted by atomic mass is 16.2. The van der Waals surface area contributed by atoms with Gasteiger partial charge in [-0.2, -0.15) is 0 Å². The number of nitrogens with one attached hydrogen (secondary N) is 2. The maximum absolute atomic E-state index is 13.2. The van der Waals surface area contributed by atoms with E-state index in [4.69, 9.17) is 4.98 Å². The van der Waals surface area contributed by atoms with Gasteiger partial charge in [0.2, 0.25) is 11.9 Å². The molecule has 0 radical (unpaired) electrons. The monoisotopic (exact) mass is 420 g/mol. The fraction of sp³-hybridized carbons (Fsp3) is 0.692. The molecule has 1 saturated heterocycles. The molecule has 0 unspecified atom stereocenters. The van der Waals surface area contributed by atoms with Gasteiger partial charge in [0, 0.05) is 25.0 Å². The number of hydrogen-bond acceptors (Lipinski definition) is 3. The van der Waals surface area contributed by atoms with E-state index in [-0.39, 0.29) is 5.92 Å². The number of amides is 1. The molecule has 1 aliphatic heterocycles. The molecule has 2 aromatic rings. The van der Waals surface area contributed by atoms with Crippen LogP contribution in [-0.2, 0) is 4.79 Å². The third kappa shape index (κ3) is 3.44. The Morgan fingerprint density at radius 1 is 1.13 bits per heavy atom. The lowest BCUT2D eigenvalue weighted by Gasteiger charge is -2.59. The number of hydrogen-bond donors (Lipinski definition) is 2. The number of aromatic amines is 1. The minimum Gasteiger partial charge on any atom is -0.353 e. The average Bonchev–Trinajstić information content (AvgIpc) is 3.16. The van der Waals surface area contributed by atoms with Crippen molar-refractivity contribution >= 4 is 22.9 Å². The number of anilines is 1. The second kappa shape index (κ2) is 7.25. The lowest BCUT2D eigenvalue weighted by molar-refractivity contribution is -0.130. The Morgan fingerprint density at radius 2 is 1.77 bits per heavy atom. The summed E-state index contributed by atoms with van der Waals surface area (Å²) in [6, 6.07) is 6.66. The first kappa shape index (κ1) is 19.6. The molecule has 7 rings (SSSR count). The maximum Gasteiger partial charge on any atom is 0.223 e. The molecule has 2 N–H and O–H groups in total. The van der Waals surface area contributed by atoms with Crippen LogP contribution in [0.2, 0.25) is 0 Å². The number of rotatable bonds is 4. The topological polar surface area (TPSA) is 61.0 Å². The minimum absolute atomic E-state index is 0.138. The third-order valence-corrected chi connectivity index (χ3v) is 9.15. The zero-order valence-electron chi connectivity index (χ0n) is 19.0. The van der Waals surface area contributed by atoms with Crippen molar-refractivity contribution in [1.82, 2.24) is 15.3 Å². The highest BCUT2D eigenvalue weighted by molar-refractivity contribution is 5.80. The quantitative estimate of drug-likeness (QED) is 0.746. The molecule has 1 amide bonds. The van der Waals surface area contributed by atoms with Gasteiger partial charge in [0.25, 0.3) is 0 Å². The van der Waals surface area contributed by atoms with Gasteiger partial charge < -0.3 is 15.2 Å². The number of aromatic nitrogens is 2. The van der Waals surface area contributed by atoms with Crippen LogP contribution in [-0.4, -0.2) is 35.0 Å². The van der Waals surface area contributed by atoms with Gasteiger partial charge in [-0.1, -0.05) is 6.07 Å². The second-order valence-electron chi connectivity index (χ2n) is 11.4. The molecule has 5 fully saturated rings. The van der Waals surface area contributed by atoms with Gasteiger partial charge in [0.05, 0.1) is 11.0 Å². The van der Waals surface area contributed by atoms with Crippen molar-refractivity contribution in [3.05, 3.63) is 23.8 Å². The van der Waals surface area contributed by atoms with Crippen LogP contribution < -0.4 is 10.2 Å². The highest BCUT2D eigenvalue weighted by Gasteiger charge is 2.53. The van der Waals surface area contributed by atoms with Crippen molar-refractivity contribution in [2.45, 2.75) is 71.3 Å². The lowest BCUT2D eigenvalue weighted by Crippen LogP contribution is -2.56. The third-order valence-electron chi connectivity index (χ3n) is 9.15. The molecule has 1 aromatic heterocycles. The molecule has 4 aliphatic carbocycles. The first-order valence-electron chi connectivity index (χ1n) is 12.5. The van der Waals surface area contributed by atoms with Crippen molar-refractivity contribution in [2.75, 3.05) is 18.0 Å². The van der Waals surface area contributed by atoms with Gasteiger partial charge in [-0.3, -0.25) is 4.79 Å². The molecule has 4 bridgehead atoms. The number of carbonyl (C=O) groups is 1. The van der Waals surface area contributed by atoms with Crippen LogP contribution in [0.1, 0.15) is 63.9 Å². The Hall–Kier alpha value is -2.04. The van der Waals surface area contributed by atoms with Crippen LogP contribution in [0.3, 0.4) is 0 Å². The molecule has 5 nitrogen and oxygen atoms in total. The van der Waals surface area contributed by atoms with Gasteiger partial charge in [-0.25, -0.2) is 4.98 Å². The summed E-state index contributed by atoms with van der Waals surface area (Å²) in [7, 11) is 0. The predicted molar refractivity (Wildman–Crippen MR) is 124 cm³/mol. The summed E-state index contributed by atoms with van der Waals surface area (Å²) >= 11 is 0. The summed E-state index contributed by atoms with van der Waals surface area (Å²) in [6.07, 6.45) is 10.3. The van der Waals surface area contributed by atoms with Crippen molar-refractivity contribution < 1.29 is 4.79 Å². The number of imidazole rings is 1. The molecular formula is C26H36N4O. The fourth-order valence-corrected chi connectivity index (χ4v) is 7.81. The molecule has 5 heteroatoms. The van der Waals surface area contributed by atoms with Crippen molar-refractivity contribution in [1.29, 1.82) is 0 Å². The number of H-pyrrole nitrogens is 1. The van der Waals surface area contributed by atoms with Crippen LogP contribution in [0.5, 0.6) is 0 Å². The summed E-state index contributed by atoms with van der Waals surface area (Å²) in [5.41, 5.74) is 3.74. The van der Waals surface area contributed by atoms with Crippen molar-refractivity contribution in [3.63, 3.8) is 0 Å². The Balaban J connectivity index is 1.07. The van der Waals surface area contributed by atoms with E-state index in [2.05, 4.69) is 47.2 Å². The van der Waals surface area contributed by atoms with E-state index in [1.54, 1.807) is 0 Å². The van der Waals surface area contributed by atoms with Crippen LogP contribution >= 0.6 is 0 Å². The van der Waals surface area contributed by atoms with Crippen molar-refractivity contribution in [2.24, 2.45) is 29.1 Å². The molecule has 31 heavy (non-hydrogen) atoms. The average molecular weight is 421 g/mol. The molecule has 1 atom stereocenters. The molecular weight excluding hydrogens is 384 g/mol.